The molecule has 4 heterocycles. The van der Waals surface area contributed by atoms with Gasteiger partial charge >= 0.3 is 0 Å². The van der Waals surface area contributed by atoms with E-state index < -0.39 is 0 Å². The van der Waals surface area contributed by atoms with Gasteiger partial charge in [0, 0.05) is 13.1 Å². The van der Waals surface area contributed by atoms with Gasteiger partial charge in [-0.1, -0.05) is 17.3 Å². The summed E-state index contributed by atoms with van der Waals surface area (Å²) < 4.78 is 3.70. The van der Waals surface area contributed by atoms with Crippen LogP contribution in [0.2, 0.25) is 0 Å². The maximum atomic E-state index is 12.5. The van der Waals surface area contributed by atoms with E-state index in [1.54, 1.807) is 23.5 Å². The van der Waals surface area contributed by atoms with Crippen LogP contribution in [0.3, 0.4) is 0 Å². The van der Waals surface area contributed by atoms with E-state index in [4.69, 9.17) is 0 Å². The molecule has 0 radical (unpaired) electrons. The Kier molecular flexibility index (Phi) is 3.66. The lowest BCUT2D eigenvalue weighted by molar-refractivity contribution is -0.137. The number of fused-ring (bicyclic) bond motifs is 1. The highest BCUT2D eigenvalue weighted by atomic mass is 16.2. The number of imidazole rings is 1. The van der Waals surface area contributed by atoms with Crippen LogP contribution in [0.15, 0.2) is 49.2 Å². The number of aromatic nitrogens is 8. The lowest BCUT2D eigenvalue weighted by Gasteiger charge is -2.38. The molecule has 1 fully saturated rings. The average Bonchev–Trinajstić information content (AvgIpc) is 3.37. The molecule has 0 N–H and O–H groups in total. The summed E-state index contributed by atoms with van der Waals surface area (Å²) in [5.41, 5.74) is 2.66. The number of likely N-dealkylation sites (tertiary alicyclic amines) is 1. The van der Waals surface area contributed by atoms with Gasteiger partial charge in [0.05, 0.1) is 42.0 Å². The highest BCUT2D eigenvalue weighted by Gasteiger charge is 2.32. The molecule has 1 aliphatic rings. The number of carbonyl (C=O) groups is 1. The molecule has 0 atom stereocenters. The van der Waals surface area contributed by atoms with Gasteiger partial charge in [-0.3, -0.25) is 4.79 Å². The number of benzene rings is 1. The Labute approximate surface area is 154 Å². The van der Waals surface area contributed by atoms with Crippen LogP contribution in [0.25, 0.3) is 11.0 Å². The van der Waals surface area contributed by atoms with Crippen molar-refractivity contribution in [2.24, 2.45) is 0 Å². The molecule has 5 rings (SSSR count). The number of hydrogen-bond donors (Lipinski definition) is 0. The van der Waals surface area contributed by atoms with E-state index in [2.05, 4.69) is 25.5 Å². The molecule has 0 saturated carbocycles. The predicted molar refractivity (Wildman–Crippen MR) is 94.5 cm³/mol. The summed E-state index contributed by atoms with van der Waals surface area (Å²) in [6.07, 6.45) is 6.86. The van der Waals surface area contributed by atoms with Gasteiger partial charge in [0.15, 0.2) is 0 Å². The molecule has 1 amide bonds. The van der Waals surface area contributed by atoms with Crippen LogP contribution in [-0.2, 0) is 17.9 Å². The van der Waals surface area contributed by atoms with Crippen LogP contribution in [0.1, 0.15) is 11.7 Å². The fourth-order valence-electron chi connectivity index (χ4n) is 3.24. The zero-order valence-electron chi connectivity index (χ0n) is 14.5. The van der Waals surface area contributed by atoms with Crippen molar-refractivity contribution in [3.63, 3.8) is 0 Å². The molecule has 27 heavy (non-hydrogen) atoms. The summed E-state index contributed by atoms with van der Waals surface area (Å²) in [5.74, 6) is 0.0792. The standard InChI is InChI=1S/C17H17N9O/c27-17(11-24-12-18-15-3-1-2-4-16(15)24)23-9-14(10-23)25-7-13(21-22-25)8-26-19-5-6-20-26/h1-7,12,14H,8-11H2. The molecule has 1 aliphatic heterocycles. The molecule has 1 aromatic carbocycles. The molecule has 0 bridgehead atoms. The second kappa shape index (κ2) is 6.31. The summed E-state index contributed by atoms with van der Waals surface area (Å²) in [7, 11) is 0. The molecule has 0 spiro atoms. The van der Waals surface area contributed by atoms with Crippen LogP contribution in [0.4, 0.5) is 0 Å². The van der Waals surface area contributed by atoms with Gasteiger partial charge in [0.2, 0.25) is 5.91 Å². The average molecular weight is 363 g/mol. The number of rotatable bonds is 5. The third-order valence-electron chi connectivity index (χ3n) is 4.75. The van der Waals surface area contributed by atoms with Gasteiger partial charge < -0.3 is 9.47 Å². The lowest BCUT2D eigenvalue weighted by Crippen LogP contribution is -2.51. The number of carbonyl (C=O) groups excluding carboxylic acids is 1. The summed E-state index contributed by atoms with van der Waals surface area (Å²) in [6.45, 7) is 2.04. The van der Waals surface area contributed by atoms with E-state index in [-0.39, 0.29) is 11.9 Å². The molecule has 3 aromatic heterocycles. The summed E-state index contributed by atoms with van der Waals surface area (Å²) in [5, 5.41) is 16.4. The Morgan fingerprint density at radius 1 is 1.15 bits per heavy atom. The zero-order valence-corrected chi connectivity index (χ0v) is 14.5. The Bertz CT molecular complexity index is 1070. The van der Waals surface area contributed by atoms with E-state index in [9.17, 15) is 4.79 Å². The molecule has 4 aromatic rings. The van der Waals surface area contributed by atoms with Crippen molar-refractivity contribution < 1.29 is 4.79 Å². The third-order valence-corrected chi connectivity index (χ3v) is 4.75. The summed E-state index contributed by atoms with van der Waals surface area (Å²) in [6, 6.07) is 7.96. The molecular formula is C17H17N9O. The van der Waals surface area contributed by atoms with Crippen molar-refractivity contribution in [3.05, 3.63) is 54.9 Å². The SMILES string of the molecule is O=C(Cn1cnc2ccccc21)N1CC(n2cc(Cn3nccn3)nn2)C1. The van der Waals surface area contributed by atoms with Gasteiger partial charge in [0.1, 0.15) is 18.8 Å². The van der Waals surface area contributed by atoms with E-state index in [0.717, 1.165) is 16.7 Å². The molecule has 1 saturated heterocycles. The van der Waals surface area contributed by atoms with Gasteiger partial charge in [0.25, 0.3) is 0 Å². The van der Waals surface area contributed by atoms with Gasteiger partial charge in [-0.2, -0.15) is 15.0 Å². The first-order valence-electron chi connectivity index (χ1n) is 8.69. The monoisotopic (exact) mass is 363 g/mol. The first-order valence-corrected chi connectivity index (χ1v) is 8.69. The minimum Gasteiger partial charge on any atom is -0.337 e. The van der Waals surface area contributed by atoms with Crippen LogP contribution >= 0.6 is 0 Å². The Hall–Kier alpha value is -3.56. The van der Waals surface area contributed by atoms with E-state index in [1.165, 1.54) is 0 Å². The second-order valence-electron chi connectivity index (χ2n) is 6.56. The van der Waals surface area contributed by atoms with Crippen molar-refractivity contribution in [1.82, 2.24) is 44.4 Å². The molecule has 0 aliphatic carbocycles. The normalized spacial score (nSPS) is 14.6. The Morgan fingerprint density at radius 2 is 1.96 bits per heavy atom. The van der Waals surface area contributed by atoms with Crippen LogP contribution < -0.4 is 0 Å². The first-order chi connectivity index (χ1) is 13.3. The number of amides is 1. The number of para-hydroxylation sites is 2. The van der Waals surface area contributed by atoms with Gasteiger partial charge in [-0.15, -0.1) is 5.10 Å². The minimum atomic E-state index is 0.0792. The topological polar surface area (TPSA) is 99.6 Å². The van der Waals surface area contributed by atoms with Crippen molar-refractivity contribution in [3.8, 4) is 0 Å². The van der Waals surface area contributed by atoms with Crippen LogP contribution in [-0.4, -0.2) is 63.4 Å². The molecule has 10 heteroatoms. The Morgan fingerprint density at radius 3 is 2.81 bits per heavy atom. The number of hydrogen-bond acceptors (Lipinski definition) is 6. The Balaban J connectivity index is 1.19. The second-order valence-corrected chi connectivity index (χ2v) is 6.56. The largest absolute Gasteiger partial charge is 0.337 e. The maximum Gasteiger partial charge on any atom is 0.242 e. The molecule has 0 unspecified atom stereocenters. The molecule has 10 nitrogen and oxygen atoms in total. The number of nitrogens with zero attached hydrogens (tertiary/aromatic N) is 9. The fourth-order valence-corrected chi connectivity index (χ4v) is 3.24. The van der Waals surface area contributed by atoms with E-state index in [1.807, 2.05) is 44.6 Å². The zero-order chi connectivity index (χ0) is 18.2. The lowest BCUT2D eigenvalue weighted by atomic mass is 10.1. The van der Waals surface area contributed by atoms with Crippen molar-refractivity contribution in [2.45, 2.75) is 19.1 Å². The highest BCUT2D eigenvalue weighted by molar-refractivity contribution is 5.81. The summed E-state index contributed by atoms with van der Waals surface area (Å²) >= 11 is 0. The molecule has 136 valence electrons. The third kappa shape index (κ3) is 2.94. The van der Waals surface area contributed by atoms with Crippen LogP contribution in [0.5, 0.6) is 0 Å². The van der Waals surface area contributed by atoms with E-state index >= 15 is 0 Å². The van der Waals surface area contributed by atoms with Crippen molar-refractivity contribution >= 4 is 16.9 Å². The van der Waals surface area contributed by atoms with Gasteiger partial charge in [-0.25, -0.2) is 9.67 Å². The van der Waals surface area contributed by atoms with Crippen molar-refractivity contribution in [1.29, 1.82) is 0 Å². The van der Waals surface area contributed by atoms with Crippen molar-refractivity contribution in [2.75, 3.05) is 13.1 Å². The quantitative estimate of drug-likeness (QED) is 0.507. The summed E-state index contributed by atoms with van der Waals surface area (Å²) in [4.78, 5) is 20.3. The van der Waals surface area contributed by atoms with Gasteiger partial charge in [-0.05, 0) is 12.1 Å². The van der Waals surface area contributed by atoms with Crippen LogP contribution in [0, 0.1) is 0 Å². The molecular weight excluding hydrogens is 346 g/mol. The fraction of sp³-hybridized carbons (Fsp3) is 0.294. The predicted octanol–water partition coefficient (Wildman–Crippen LogP) is 0.351. The van der Waals surface area contributed by atoms with E-state index in [0.29, 0.717) is 26.2 Å². The first kappa shape index (κ1) is 15.7. The highest BCUT2D eigenvalue weighted by Crippen LogP contribution is 2.21. The maximum absolute atomic E-state index is 12.5. The smallest absolute Gasteiger partial charge is 0.242 e. The minimum absolute atomic E-state index is 0.0792.